The molecule has 0 aliphatic heterocycles. The standard InChI is InChI=1S/C14H21ClO/c1-2-13-8-7-9-14(12-13)16-11-6-4-3-5-10-15/h7-9,12H,2-6,10-11H2,1H3. The molecule has 0 atom stereocenters. The second-order valence-corrected chi connectivity index (χ2v) is 4.33. The first kappa shape index (κ1) is 13.4. The summed E-state index contributed by atoms with van der Waals surface area (Å²) in [6.07, 6.45) is 5.72. The largest absolute Gasteiger partial charge is 0.494 e. The molecule has 90 valence electrons. The number of halogens is 1. The molecule has 0 aliphatic rings. The molecule has 0 saturated carbocycles. The Morgan fingerprint density at radius 3 is 2.69 bits per heavy atom. The summed E-state index contributed by atoms with van der Waals surface area (Å²) in [7, 11) is 0. The number of hydrogen-bond acceptors (Lipinski definition) is 1. The van der Waals surface area contributed by atoms with E-state index in [9.17, 15) is 0 Å². The van der Waals surface area contributed by atoms with Crippen LogP contribution in [0, 0.1) is 0 Å². The molecule has 0 aromatic heterocycles. The van der Waals surface area contributed by atoms with E-state index in [-0.39, 0.29) is 0 Å². The van der Waals surface area contributed by atoms with Crippen molar-refractivity contribution in [3.63, 3.8) is 0 Å². The lowest BCUT2D eigenvalue weighted by molar-refractivity contribution is 0.305. The number of alkyl halides is 1. The maximum atomic E-state index is 5.70. The SMILES string of the molecule is CCc1cccc(OCCCCCCCl)c1. The van der Waals surface area contributed by atoms with Crippen molar-refractivity contribution >= 4 is 11.6 Å². The van der Waals surface area contributed by atoms with E-state index < -0.39 is 0 Å². The van der Waals surface area contributed by atoms with Crippen LogP contribution in [0.2, 0.25) is 0 Å². The maximum absolute atomic E-state index is 5.70. The van der Waals surface area contributed by atoms with Gasteiger partial charge in [-0.25, -0.2) is 0 Å². The fourth-order valence-electron chi connectivity index (χ4n) is 1.60. The van der Waals surface area contributed by atoms with Gasteiger partial charge in [-0.2, -0.15) is 0 Å². The summed E-state index contributed by atoms with van der Waals surface area (Å²) in [5, 5.41) is 0. The molecule has 0 bridgehead atoms. The molecule has 0 spiro atoms. The number of benzene rings is 1. The van der Waals surface area contributed by atoms with Gasteiger partial charge < -0.3 is 4.74 Å². The third-order valence-corrected chi connectivity index (χ3v) is 2.87. The van der Waals surface area contributed by atoms with Crippen molar-refractivity contribution in [1.29, 1.82) is 0 Å². The molecule has 0 heterocycles. The number of aryl methyl sites for hydroxylation is 1. The first-order valence-corrected chi connectivity index (χ1v) is 6.68. The van der Waals surface area contributed by atoms with Crippen LogP contribution >= 0.6 is 11.6 Å². The monoisotopic (exact) mass is 240 g/mol. The van der Waals surface area contributed by atoms with E-state index in [1.165, 1.54) is 18.4 Å². The highest BCUT2D eigenvalue weighted by Crippen LogP contribution is 2.14. The van der Waals surface area contributed by atoms with Crippen LogP contribution in [0.3, 0.4) is 0 Å². The summed E-state index contributed by atoms with van der Waals surface area (Å²) >= 11 is 5.61. The van der Waals surface area contributed by atoms with E-state index >= 15 is 0 Å². The molecule has 1 aromatic carbocycles. The molecule has 0 fully saturated rings. The van der Waals surface area contributed by atoms with Crippen LogP contribution < -0.4 is 4.74 Å². The summed E-state index contributed by atoms with van der Waals surface area (Å²) in [4.78, 5) is 0. The van der Waals surface area contributed by atoms with Crippen molar-refractivity contribution in [2.75, 3.05) is 12.5 Å². The highest BCUT2D eigenvalue weighted by molar-refractivity contribution is 6.17. The molecular formula is C14H21ClO. The average Bonchev–Trinajstić information content (AvgIpc) is 2.34. The van der Waals surface area contributed by atoms with Gasteiger partial charge in [0.05, 0.1) is 6.61 Å². The molecule has 0 amide bonds. The van der Waals surface area contributed by atoms with Crippen LogP contribution in [-0.4, -0.2) is 12.5 Å². The van der Waals surface area contributed by atoms with Gasteiger partial charge in [0.1, 0.15) is 5.75 Å². The average molecular weight is 241 g/mol. The number of hydrogen-bond donors (Lipinski definition) is 0. The van der Waals surface area contributed by atoms with Gasteiger partial charge in [-0.05, 0) is 37.0 Å². The zero-order chi connectivity index (χ0) is 11.6. The number of ether oxygens (including phenoxy) is 1. The topological polar surface area (TPSA) is 9.23 Å². The number of unbranched alkanes of at least 4 members (excludes halogenated alkanes) is 3. The van der Waals surface area contributed by atoms with E-state index in [1.807, 2.05) is 6.07 Å². The Kier molecular flexibility index (Phi) is 7.07. The lowest BCUT2D eigenvalue weighted by Gasteiger charge is -2.07. The number of rotatable bonds is 8. The van der Waals surface area contributed by atoms with Crippen molar-refractivity contribution in [2.24, 2.45) is 0 Å². The highest BCUT2D eigenvalue weighted by Gasteiger charge is 1.95. The Morgan fingerprint density at radius 1 is 1.12 bits per heavy atom. The van der Waals surface area contributed by atoms with Gasteiger partial charge in [-0.15, -0.1) is 11.6 Å². The van der Waals surface area contributed by atoms with E-state index in [2.05, 4.69) is 25.1 Å². The van der Waals surface area contributed by atoms with Crippen LogP contribution in [-0.2, 0) is 6.42 Å². The molecule has 2 heteroatoms. The molecular weight excluding hydrogens is 220 g/mol. The minimum Gasteiger partial charge on any atom is -0.494 e. The van der Waals surface area contributed by atoms with Crippen molar-refractivity contribution in [1.82, 2.24) is 0 Å². The smallest absolute Gasteiger partial charge is 0.119 e. The Hall–Kier alpha value is -0.690. The van der Waals surface area contributed by atoms with Crippen molar-refractivity contribution in [3.05, 3.63) is 29.8 Å². The zero-order valence-electron chi connectivity index (χ0n) is 10.0. The molecule has 1 rings (SSSR count). The molecule has 1 nitrogen and oxygen atoms in total. The molecule has 0 unspecified atom stereocenters. The predicted molar refractivity (Wildman–Crippen MR) is 70.5 cm³/mol. The highest BCUT2D eigenvalue weighted by atomic mass is 35.5. The molecule has 0 saturated heterocycles. The van der Waals surface area contributed by atoms with E-state index in [0.717, 1.165) is 37.5 Å². The third-order valence-electron chi connectivity index (χ3n) is 2.60. The van der Waals surface area contributed by atoms with Crippen molar-refractivity contribution in [3.8, 4) is 5.75 Å². The van der Waals surface area contributed by atoms with Crippen LogP contribution in [0.4, 0.5) is 0 Å². The zero-order valence-corrected chi connectivity index (χ0v) is 10.8. The molecule has 16 heavy (non-hydrogen) atoms. The minimum absolute atomic E-state index is 0.777. The predicted octanol–water partition coefficient (Wildman–Crippen LogP) is 4.43. The molecule has 1 aromatic rings. The van der Waals surface area contributed by atoms with Gasteiger partial charge in [-0.3, -0.25) is 0 Å². The molecule has 0 N–H and O–H groups in total. The summed E-state index contributed by atoms with van der Waals surface area (Å²) in [6.45, 7) is 2.97. The van der Waals surface area contributed by atoms with Gasteiger partial charge in [0, 0.05) is 5.88 Å². The quantitative estimate of drug-likeness (QED) is 0.483. The van der Waals surface area contributed by atoms with Gasteiger partial charge in [0.2, 0.25) is 0 Å². The van der Waals surface area contributed by atoms with Gasteiger partial charge in [-0.1, -0.05) is 31.9 Å². The lowest BCUT2D eigenvalue weighted by atomic mass is 10.2. The first-order valence-electron chi connectivity index (χ1n) is 6.14. The summed E-state index contributed by atoms with van der Waals surface area (Å²) in [5.74, 6) is 1.77. The fourth-order valence-corrected chi connectivity index (χ4v) is 1.78. The van der Waals surface area contributed by atoms with Gasteiger partial charge in [0.15, 0.2) is 0 Å². The molecule has 0 radical (unpaired) electrons. The Morgan fingerprint density at radius 2 is 1.94 bits per heavy atom. The van der Waals surface area contributed by atoms with Crippen LogP contribution in [0.1, 0.15) is 38.2 Å². The van der Waals surface area contributed by atoms with Gasteiger partial charge >= 0.3 is 0 Å². The van der Waals surface area contributed by atoms with Crippen molar-refractivity contribution in [2.45, 2.75) is 39.0 Å². The molecule has 0 aliphatic carbocycles. The Bertz CT molecular complexity index is 286. The van der Waals surface area contributed by atoms with Crippen LogP contribution in [0.5, 0.6) is 5.75 Å². The Balaban J connectivity index is 2.16. The van der Waals surface area contributed by atoms with E-state index in [0.29, 0.717) is 0 Å². The fraction of sp³-hybridized carbons (Fsp3) is 0.571. The normalized spacial score (nSPS) is 10.4. The second-order valence-electron chi connectivity index (χ2n) is 3.95. The van der Waals surface area contributed by atoms with Crippen LogP contribution in [0.25, 0.3) is 0 Å². The second kappa shape index (κ2) is 8.46. The van der Waals surface area contributed by atoms with Gasteiger partial charge in [0.25, 0.3) is 0 Å². The van der Waals surface area contributed by atoms with E-state index in [1.54, 1.807) is 0 Å². The minimum atomic E-state index is 0.777. The van der Waals surface area contributed by atoms with E-state index in [4.69, 9.17) is 16.3 Å². The summed E-state index contributed by atoms with van der Waals surface area (Å²) < 4.78 is 5.70. The first-order chi connectivity index (χ1) is 7.86. The van der Waals surface area contributed by atoms with Crippen LogP contribution in [0.15, 0.2) is 24.3 Å². The maximum Gasteiger partial charge on any atom is 0.119 e. The Labute approximate surface area is 104 Å². The summed E-state index contributed by atoms with van der Waals surface area (Å²) in [6, 6.07) is 8.34. The summed E-state index contributed by atoms with van der Waals surface area (Å²) in [5.41, 5.74) is 1.33. The van der Waals surface area contributed by atoms with Crippen molar-refractivity contribution < 1.29 is 4.74 Å². The third kappa shape index (κ3) is 5.41. The lowest BCUT2D eigenvalue weighted by Crippen LogP contribution is -1.97.